The van der Waals surface area contributed by atoms with E-state index < -0.39 is 12.0 Å². The van der Waals surface area contributed by atoms with Gasteiger partial charge in [-0.3, -0.25) is 10.1 Å². The van der Waals surface area contributed by atoms with Crippen LogP contribution in [0.15, 0.2) is 17.5 Å². The van der Waals surface area contributed by atoms with Crippen LogP contribution in [0.2, 0.25) is 0 Å². The molecule has 0 aliphatic rings. The van der Waals surface area contributed by atoms with Crippen LogP contribution in [0.5, 0.6) is 0 Å². The normalized spacial score (nSPS) is 15.2. The van der Waals surface area contributed by atoms with Crippen LogP contribution in [-0.2, 0) is 4.79 Å². The molecule has 1 aromatic heterocycles. The standard InChI is InChI=1S/C11H17NO2S/c1-7(2)10(11(13)14)12-8(3)9-5-4-6-15-9/h4-8,10,12H,1-3H3,(H,13,14)/t8-,10?/m1/s1. The average Bonchev–Trinajstić information content (AvgIpc) is 2.65. The molecule has 2 N–H and O–H groups in total. The number of hydrogen-bond donors (Lipinski definition) is 2. The molecule has 0 aromatic carbocycles. The summed E-state index contributed by atoms with van der Waals surface area (Å²) in [6.07, 6.45) is 0. The van der Waals surface area contributed by atoms with Gasteiger partial charge in [0.2, 0.25) is 0 Å². The fourth-order valence-electron chi connectivity index (χ4n) is 1.44. The minimum atomic E-state index is -0.784. The second-order valence-electron chi connectivity index (χ2n) is 3.96. The highest BCUT2D eigenvalue weighted by atomic mass is 32.1. The van der Waals surface area contributed by atoms with Gasteiger partial charge in [-0.2, -0.15) is 0 Å². The first kappa shape index (κ1) is 12.2. The lowest BCUT2D eigenvalue weighted by Crippen LogP contribution is -2.41. The average molecular weight is 227 g/mol. The van der Waals surface area contributed by atoms with Crippen LogP contribution in [0.1, 0.15) is 31.7 Å². The Bertz CT molecular complexity index is 308. The van der Waals surface area contributed by atoms with Crippen LogP contribution >= 0.6 is 11.3 Å². The molecule has 0 radical (unpaired) electrons. The molecular weight excluding hydrogens is 210 g/mol. The molecule has 1 rings (SSSR count). The van der Waals surface area contributed by atoms with Crippen LogP contribution < -0.4 is 5.32 Å². The molecule has 2 atom stereocenters. The minimum Gasteiger partial charge on any atom is -0.480 e. The zero-order valence-corrected chi connectivity index (χ0v) is 10.0. The predicted octanol–water partition coefficient (Wildman–Crippen LogP) is 2.51. The number of aliphatic carboxylic acids is 1. The molecule has 15 heavy (non-hydrogen) atoms. The number of carbonyl (C=O) groups is 1. The molecule has 0 fully saturated rings. The zero-order valence-electron chi connectivity index (χ0n) is 9.23. The monoisotopic (exact) mass is 227 g/mol. The van der Waals surface area contributed by atoms with Crippen molar-refractivity contribution in [2.45, 2.75) is 32.9 Å². The maximum atomic E-state index is 11.0. The van der Waals surface area contributed by atoms with Gasteiger partial charge < -0.3 is 5.11 Å². The second-order valence-corrected chi connectivity index (χ2v) is 4.94. The summed E-state index contributed by atoms with van der Waals surface area (Å²) in [7, 11) is 0. The van der Waals surface area contributed by atoms with Gasteiger partial charge in [0.05, 0.1) is 0 Å². The van der Waals surface area contributed by atoms with Gasteiger partial charge in [-0.15, -0.1) is 11.3 Å². The van der Waals surface area contributed by atoms with E-state index in [4.69, 9.17) is 5.11 Å². The summed E-state index contributed by atoms with van der Waals surface area (Å²) in [5.74, 6) is -0.696. The molecule has 1 aromatic rings. The molecule has 0 bridgehead atoms. The number of carboxylic acids is 1. The molecule has 0 aliphatic heterocycles. The smallest absolute Gasteiger partial charge is 0.320 e. The molecule has 0 saturated heterocycles. The van der Waals surface area contributed by atoms with E-state index >= 15 is 0 Å². The van der Waals surface area contributed by atoms with Gasteiger partial charge in [0, 0.05) is 10.9 Å². The van der Waals surface area contributed by atoms with Crippen LogP contribution in [0.4, 0.5) is 0 Å². The summed E-state index contributed by atoms with van der Waals surface area (Å²) in [6, 6.07) is 3.60. The summed E-state index contributed by atoms with van der Waals surface area (Å²) in [4.78, 5) is 12.2. The number of nitrogens with one attached hydrogen (secondary N) is 1. The quantitative estimate of drug-likeness (QED) is 0.812. The van der Waals surface area contributed by atoms with E-state index in [9.17, 15) is 4.79 Å². The highest BCUT2D eigenvalue weighted by molar-refractivity contribution is 7.10. The maximum Gasteiger partial charge on any atom is 0.320 e. The Labute approximate surface area is 94.1 Å². The first-order valence-electron chi connectivity index (χ1n) is 5.04. The molecule has 3 nitrogen and oxygen atoms in total. The maximum absolute atomic E-state index is 11.0. The molecule has 0 aliphatic carbocycles. The van der Waals surface area contributed by atoms with Gasteiger partial charge in [0.25, 0.3) is 0 Å². The zero-order chi connectivity index (χ0) is 11.4. The lowest BCUT2D eigenvalue weighted by molar-refractivity contribution is -0.140. The first-order valence-corrected chi connectivity index (χ1v) is 5.92. The molecule has 1 unspecified atom stereocenters. The first-order chi connectivity index (χ1) is 7.02. The van der Waals surface area contributed by atoms with Crippen molar-refractivity contribution in [2.75, 3.05) is 0 Å². The highest BCUT2D eigenvalue weighted by Crippen LogP contribution is 2.19. The molecule has 0 spiro atoms. The number of hydrogen-bond acceptors (Lipinski definition) is 3. The Morgan fingerprint density at radius 2 is 2.13 bits per heavy atom. The van der Waals surface area contributed by atoms with Crippen LogP contribution in [0.3, 0.4) is 0 Å². The van der Waals surface area contributed by atoms with Gasteiger partial charge in [-0.25, -0.2) is 0 Å². The van der Waals surface area contributed by atoms with Crippen molar-refractivity contribution >= 4 is 17.3 Å². The van der Waals surface area contributed by atoms with E-state index in [-0.39, 0.29) is 12.0 Å². The summed E-state index contributed by atoms with van der Waals surface area (Å²) in [5, 5.41) is 14.2. The van der Waals surface area contributed by atoms with Crippen molar-refractivity contribution in [3.63, 3.8) is 0 Å². The topological polar surface area (TPSA) is 49.3 Å². The van der Waals surface area contributed by atoms with Crippen LogP contribution in [-0.4, -0.2) is 17.1 Å². The van der Waals surface area contributed by atoms with Crippen molar-refractivity contribution in [3.8, 4) is 0 Å². The SMILES string of the molecule is CC(C)C(N[C@H](C)c1cccs1)C(=O)O. The van der Waals surface area contributed by atoms with Gasteiger partial charge in [-0.1, -0.05) is 19.9 Å². The van der Waals surface area contributed by atoms with Crippen molar-refractivity contribution in [1.29, 1.82) is 0 Å². The van der Waals surface area contributed by atoms with E-state index in [0.29, 0.717) is 0 Å². The molecular formula is C11H17NO2S. The third-order valence-electron chi connectivity index (χ3n) is 2.33. The lowest BCUT2D eigenvalue weighted by atomic mass is 10.0. The van der Waals surface area contributed by atoms with Crippen molar-refractivity contribution in [1.82, 2.24) is 5.32 Å². The number of thiophene rings is 1. The highest BCUT2D eigenvalue weighted by Gasteiger charge is 2.23. The van der Waals surface area contributed by atoms with E-state index in [1.807, 2.05) is 38.3 Å². The number of rotatable bonds is 5. The van der Waals surface area contributed by atoms with Crippen molar-refractivity contribution in [3.05, 3.63) is 22.4 Å². The van der Waals surface area contributed by atoms with Crippen molar-refractivity contribution in [2.24, 2.45) is 5.92 Å². The summed E-state index contributed by atoms with van der Waals surface area (Å²) in [5.41, 5.74) is 0. The van der Waals surface area contributed by atoms with Gasteiger partial charge in [0.1, 0.15) is 6.04 Å². The van der Waals surface area contributed by atoms with Crippen LogP contribution in [0, 0.1) is 5.92 Å². The van der Waals surface area contributed by atoms with E-state index in [1.54, 1.807) is 11.3 Å². The Kier molecular flexibility index (Phi) is 4.29. The number of carboxylic acid groups (broad SMARTS) is 1. The second kappa shape index (κ2) is 5.28. The molecule has 0 amide bonds. The van der Waals surface area contributed by atoms with E-state index in [0.717, 1.165) is 0 Å². The van der Waals surface area contributed by atoms with Gasteiger partial charge >= 0.3 is 5.97 Å². The summed E-state index contributed by atoms with van der Waals surface area (Å²) >= 11 is 1.64. The van der Waals surface area contributed by atoms with E-state index in [1.165, 1.54) is 4.88 Å². The van der Waals surface area contributed by atoms with Crippen LogP contribution in [0.25, 0.3) is 0 Å². The van der Waals surface area contributed by atoms with E-state index in [2.05, 4.69) is 5.32 Å². The minimum absolute atomic E-state index is 0.0879. The third-order valence-corrected chi connectivity index (χ3v) is 3.39. The van der Waals surface area contributed by atoms with Gasteiger partial charge in [-0.05, 0) is 24.3 Å². The fraction of sp³-hybridized carbons (Fsp3) is 0.545. The predicted molar refractivity (Wildman–Crippen MR) is 62.1 cm³/mol. The Morgan fingerprint density at radius 3 is 2.53 bits per heavy atom. The molecule has 84 valence electrons. The Morgan fingerprint density at radius 1 is 1.47 bits per heavy atom. The Hall–Kier alpha value is -0.870. The fourth-order valence-corrected chi connectivity index (χ4v) is 2.18. The van der Waals surface area contributed by atoms with Crippen molar-refractivity contribution < 1.29 is 9.90 Å². The summed E-state index contributed by atoms with van der Waals surface area (Å²) in [6.45, 7) is 5.81. The molecule has 4 heteroatoms. The molecule has 0 saturated carbocycles. The summed E-state index contributed by atoms with van der Waals surface area (Å²) < 4.78 is 0. The Balaban J connectivity index is 2.63. The van der Waals surface area contributed by atoms with Gasteiger partial charge in [0.15, 0.2) is 0 Å². The lowest BCUT2D eigenvalue weighted by Gasteiger charge is -2.22. The largest absolute Gasteiger partial charge is 0.480 e. The molecule has 1 heterocycles. The third kappa shape index (κ3) is 3.32.